The van der Waals surface area contributed by atoms with Gasteiger partial charge >= 0.3 is 0 Å². The first kappa shape index (κ1) is 13.6. The zero-order valence-corrected chi connectivity index (χ0v) is 11.1. The third-order valence-corrected chi connectivity index (χ3v) is 3.82. The van der Waals surface area contributed by atoms with Crippen LogP contribution in [0.3, 0.4) is 0 Å². The van der Waals surface area contributed by atoms with Gasteiger partial charge in [-0.15, -0.1) is 11.8 Å². The summed E-state index contributed by atoms with van der Waals surface area (Å²) < 4.78 is 0. The van der Waals surface area contributed by atoms with Crippen molar-refractivity contribution in [2.75, 3.05) is 12.3 Å². The van der Waals surface area contributed by atoms with Crippen molar-refractivity contribution in [1.29, 1.82) is 0 Å². The lowest BCUT2D eigenvalue weighted by atomic mass is 10.1. The SMILES string of the molecule is Cc1ccc(SCCC(C)(O)CN)cc1C. The zero-order chi connectivity index (χ0) is 12.2. The standard InChI is InChI=1S/C13H21NOS/c1-10-4-5-12(8-11(10)2)16-7-6-13(3,15)9-14/h4-5,8,15H,6-7,9,14H2,1-3H3. The monoisotopic (exact) mass is 239 g/mol. The first-order valence-electron chi connectivity index (χ1n) is 5.57. The van der Waals surface area contributed by atoms with E-state index in [1.165, 1.54) is 16.0 Å². The molecule has 1 aromatic rings. The fourth-order valence-electron chi connectivity index (χ4n) is 1.29. The van der Waals surface area contributed by atoms with E-state index in [1.807, 2.05) is 0 Å². The van der Waals surface area contributed by atoms with Crippen LogP contribution in [0.4, 0.5) is 0 Å². The molecule has 0 bridgehead atoms. The number of aliphatic hydroxyl groups is 1. The second-order valence-corrected chi connectivity index (χ2v) is 5.71. The maximum atomic E-state index is 9.76. The first-order valence-corrected chi connectivity index (χ1v) is 6.56. The van der Waals surface area contributed by atoms with Gasteiger partial charge in [0.2, 0.25) is 0 Å². The van der Waals surface area contributed by atoms with Crippen molar-refractivity contribution in [1.82, 2.24) is 0 Å². The number of benzene rings is 1. The van der Waals surface area contributed by atoms with Gasteiger partial charge in [-0.3, -0.25) is 0 Å². The quantitative estimate of drug-likeness (QED) is 0.776. The Morgan fingerprint density at radius 2 is 2.00 bits per heavy atom. The number of aryl methyl sites for hydroxylation is 2. The van der Waals surface area contributed by atoms with Crippen LogP contribution in [-0.4, -0.2) is 23.0 Å². The molecule has 0 fully saturated rings. The van der Waals surface area contributed by atoms with Crippen molar-refractivity contribution in [2.45, 2.75) is 37.7 Å². The molecule has 1 unspecified atom stereocenters. The van der Waals surface area contributed by atoms with Crippen LogP contribution < -0.4 is 5.73 Å². The number of rotatable bonds is 5. The Labute approximate surface area is 102 Å². The van der Waals surface area contributed by atoms with Crippen LogP contribution in [0.15, 0.2) is 23.1 Å². The average molecular weight is 239 g/mol. The summed E-state index contributed by atoms with van der Waals surface area (Å²) in [5, 5.41) is 9.76. The van der Waals surface area contributed by atoms with Crippen molar-refractivity contribution < 1.29 is 5.11 Å². The summed E-state index contributed by atoms with van der Waals surface area (Å²) in [6.07, 6.45) is 0.723. The van der Waals surface area contributed by atoms with Gasteiger partial charge in [-0.25, -0.2) is 0 Å². The molecule has 90 valence electrons. The van der Waals surface area contributed by atoms with E-state index in [0.29, 0.717) is 6.54 Å². The minimum absolute atomic E-state index is 0.320. The van der Waals surface area contributed by atoms with Gasteiger partial charge < -0.3 is 10.8 Å². The molecule has 1 aromatic carbocycles. The largest absolute Gasteiger partial charge is 0.389 e. The molecule has 0 amide bonds. The summed E-state index contributed by atoms with van der Waals surface area (Å²) in [4.78, 5) is 1.26. The second-order valence-electron chi connectivity index (χ2n) is 4.55. The highest BCUT2D eigenvalue weighted by atomic mass is 32.2. The van der Waals surface area contributed by atoms with Gasteiger partial charge in [0.15, 0.2) is 0 Å². The topological polar surface area (TPSA) is 46.2 Å². The second kappa shape index (κ2) is 5.71. The Bertz CT molecular complexity index is 350. The van der Waals surface area contributed by atoms with E-state index in [2.05, 4.69) is 32.0 Å². The lowest BCUT2D eigenvalue weighted by Gasteiger charge is -2.20. The fourth-order valence-corrected chi connectivity index (χ4v) is 2.50. The van der Waals surface area contributed by atoms with E-state index in [-0.39, 0.29) is 0 Å². The predicted octanol–water partition coefficient (Wildman–Crippen LogP) is 2.50. The van der Waals surface area contributed by atoms with E-state index in [9.17, 15) is 5.11 Å². The predicted molar refractivity (Wildman–Crippen MR) is 70.9 cm³/mol. The van der Waals surface area contributed by atoms with Crippen LogP contribution in [0.1, 0.15) is 24.5 Å². The molecule has 0 heterocycles. The lowest BCUT2D eigenvalue weighted by molar-refractivity contribution is 0.0665. The maximum Gasteiger partial charge on any atom is 0.0749 e. The van der Waals surface area contributed by atoms with E-state index >= 15 is 0 Å². The summed E-state index contributed by atoms with van der Waals surface area (Å²) in [5.41, 5.74) is 7.37. The Morgan fingerprint density at radius 3 is 2.56 bits per heavy atom. The molecule has 0 saturated heterocycles. The van der Waals surface area contributed by atoms with Gasteiger partial charge in [-0.05, 0) is 50.5 Å². The number of thioether (sulfide) groups is 1. The van der Waals surface area contributed by atoms with Crippen LogP contribution in [-0.2, 0) is 0 Å². The molecule has 0 aromatic heterocycles. The molecule has 0 radical (unpaired) electrons. The van der Waals surface area contributed by atoms with Gasteiger partial charge in [0.25, 0.3) is 0 Å². The van der Waals surface area contributed by atoms with E-state index in [4.69, 9.17) is 5.73 Å². The minimum atomic E-state index is -0.729. The molecule has 2 nitrogen and oxygen atoms in total. The maximum absolute atomic E-state index is 9.76. The van der Waals surface area contributed by atoms with Crippen LogP contribution in [0.2, 0.25) is 0 Å². The van der Waals surface area contributed by atoms with Crippen molar-refractivity contribution >= 4 is 11.8 Å². The fraction of sp³-hybridized carbons (Fsp3) is 0.538. The third kappa shape index (κ3) is 4.16. The van der Waals surface area contributed by atoms with Crippen LogP contribution in [0.5, 0.6) is 0 Å². The highest BCUT2D eigenvalue weighted by molar-refractivity contribution is 7.99. The molecule has 16 heavy (non-hydrogen) atoms. The van der Waals surface area contributed by atoms with Crippen molar-refractivity contribution in [3.05, 3.63) is 29.3 Å². The van der Waals surface area contributed by atoms with Crippen molar-refractivity contribution in [2.24, 2.45) is 5.73 Å². The number of nitrogens with two attached hydrogens (primary N) is 1. The molecule has 1 rings (SSSR count). The normalized spacial score (nSPS) is 14.8. The summed E-state index contributed by atoms with van der Waals surface area (Å²) in [5.74, 6) is 0.896. The molecular weight excluding hydrogens is 218 g/mol. The van der Waals surface area contributed by atoms with Crippen LogP contribution in [0, 0.1) is 13.8 Å². The van der Waals surface area contributed by atoms with Gasteiger partial charge in [-0.2, -0.15) is 0 Å². The Hall–Kier alpha value is -0.510. The summed E-state index contributed by atoms with van der Waals surface area (Å²) in [6, 6.07) is 6.46. The summed E-state index contributed by atoms with van der Waals surface area (Å²) >= 11 is 1.77. The van der Waals surface area contributed by atoms with Crippen molar-refractivity contribution in [3.8, 4) is 0 Å². The molecule has 0 aliphatic heterocycles. The lowest BCUT2D eigenvalue weighted by Crippen LogP contribution is -2.34. The van der Waals surface area contributed by atoms with Gasteiger partial charge in [-0.1, -0.05) is 6.07 Å². The first-order chi connectivity index (χ1) is 7.44. The number of hydrogen-bond donors (Lipinski definition) is 2. The smallest absolute Gasteiger partial charge is 0.0749 e. The van der Waals surface area contributed by atoms with Gasteiger partial charge in [0.1, 0.15) is 0 Å². The number of hydrogen-bond acceptors (Lipinski definition) is 3. The molecular formula is C13H21NOS. The molecule has 1 atom stereocenters. The average Bonchev–Trinajstić information content (AvgIpc) is 2.23. The highest BCUT2D eigenvalue weighted by Gasteiger charge is 2.17. The van der Waals surface area contributed by atoms with Crippen LogP contribution in [0.25, 0.3) is 0 Å². The summed E-state index contributed by atoms with van der Waals surface area (Å²) in [7, 11) is 0. The third-order valence-electron chi connectivity index (χ3n) is 2.83. The molecule has 0 aliphatic rings. The minimum Gasteiger partial charge on any atom is -0.389 e. The summed E-state index contributed by atoms with van der Waals surface area (Å²) in [6.45, 7) is 6.34. The van der Waals surface area contributed by atoms with Crippen LogP contribution >= 0.6 is 11.8 Å². The molecule has 0 saturated carbocycles. The molecule has 3 N–H and O–H groups in total. The van der Waals surface area contributed by atoms with E-state index in [1.54, 1.807) is 18.7 Å². The van der Waals surface area contributed by atoms with Crippen molar-refractivity contribution in [3.63, 3.8) is 0 Å². The Morgan fingerprint density at radius 1 is 1.31 bits per heavy atom. The Balaban J connectivity index is 2.46. The van der Waals surface area contributed by atoms with E-state index in [0.717, 1.165) is 12.2 Å². The highest BCUT2D eigenvalue weighted by Crippen LogP contribution is 2.23. The van der Waals surface area contributed by atoms with E-state index < -0.39 is 5.60 Å². The molecule has 3 heteroatoms. The molecule has 0 spiro atoms. The zero-order valence-electron chi connectivity index (χ0n) is 10.3. The van der Waals surface area contributed by atoms with Gasteiger partial charge in [0, 0.05) is 17.2 Å². The van der Waals surface area contributed by atoms with Gasteiger partial charge in [0.05, 0.1) is 5.60 Å². The Kier molecular flexibility index (Phi) is 4.84. The molecule has 0 aliphatic carbocycles.